The number of methoxy groups -OCH3 is 1. The number of allylic oxidation sites excluding steroid dienone is 1. The third kappa shape index (κ3) is 5.38. The number of benzene rings is 1. The van der Waals surface area contributed by atoms with Crippen LogP contribution >= 0.6 is 0 Å². The summed E-state index contributed by atoms with van der Waals surface area (Å²) < 4.78 is 16.5. The minimum atomic E-state index is -0.846. The predicted octanol–water partition coefficient (Wildman–Crippen LogP) is 3.39. The van der Waals surface area contributed by atoms with Crippen molar-refractivity contribution in [2.75, 3.05) is 20.3 Å². The second-order valence-corrected chi connectivity index (χ2v) is 5.66. The first-order chi connectivity index (χ1) is 11.8. The largest absolute Gasteiger partial charge is 0.496 e. The van der Waals surface area contributed by atoms with E-state index in [1.54, 1.807) is 13.2 Å². The molecule has 4 heteroatoms. The van der Waals surface area contributed by atoms with E-state index in [-0.39, 0.29) is 6.29 Å². The molecule has 1 aromatic rings. The highest BCUT2D eigenvalue weighted by Crippen LogP contribution is 2.27. The Labute approximate surface area is 144 Å². The van der Waals surface area contributed by atoms with E-state index in [4.69, 9.17) is 14.2 Å². The minimum absolute atomic E-state index is 0.0944. The molecule has 1 N–H and O–H groups in total. The summed E-state index contributed by atoms with van der Waals surface area (Å²) in [6.45, 7) is 5.05. The van der Waals surface area contributed by atoms with Crippen LogP contribution in [0.1, 0.15) is 42.9 Å². The lowest BCUT2D eigenvalue weighted by Gasteiger charge is -2.22. The molecule has 1 aliphatic rings. The normalized spacial score (nSPS) is 18.3. The van der Waals surface area contributed by atoms with Crippen LogP contribution in [0.4, 0.5) is 0 Å². The average Bonchev–Trinajstić information content (AvgIpc) is 2.62. The quantitative estimate of drug-likeness (QED) is 0.473. The van der Waals surface area contributed by atoms with Gasteiger partial charge in [0.15, 0.2) is 6.29 Å². The number of aliphatic hydroxyl groups is 1. The van der Waals surface area contributed by atoms with Gasteiger partial charge in [0.25, 0.3) is 0 Å². The standard InChI is InChI=1S/C20H26O4/c1-3-9-17-16(10-8-12-19(17)22-2)18(21)11-4-6-14-23-20-13-5-7-15-24-20/h3,8,10,12,18,20-21H,1,5-7,9,13-15H2,2H3/t18-,20?/m0/s1. The van der Waals surface area contributed by atoms with Crippen molar-refractivity contribution in [3.8, 4) is 17.6 Å². The number of hydrogen-bond acceptors (Lipinski definition) is 4. The van der Waals surface area contributed by atoms with E-state index in [2.05, 4.69) is 18.4 Å². The van der Waals surface area contributed by atoms with Gasteiger partial charge in [-0.25, -0.2) is 0 Å². The van der Waals surface area contributed by atoms with Gasteiger partial charge >= 0.3 is 0 Å². The maximum Gasteiger partial charge on any atom is 0.157 e. The first kappa shape index (κ1) is 18.5. The highest BCUT2D eigenvalue weighted by Gasteiger charge is 2.14. The Balaban J connectivity index is 1.90. The van der Waals surface area contributed by atoms with Crippen molar-refractivity contribution in [1.82, 2.24) is 0 Å². The number of hydrogen-bond donors (Lipinski definition) is 1. The van der Waals surface area contributed by atoms with Gasteiger partial charge in [-0.2, -0.15) is 0 Å². The molecule has 0 saturated carbocycles. The molecule has 1 fully saturated rings. The zero-order valence-corrected chi connectivity index (χ0v) is 14.3. The van der Waals surface area contributed by atoms with E-state index in [0.29, 0.717) is 19.4 Å². The fourth-order valence-corrected chi connectivity index (χ4v) is 2.72. The second kappa shape index (κ2) is 10.1. The summed E-state index contributed by atoms with van der Waals surface area (Å²) in [5, 5.41) is 10.4. The molecule has 130 valence electrons. The Morgan fingerprint density at radius 1 is 1.46 bits per heavy atom. The van der Waals surface area contributed by atoms with Crippen LogP contribution < -0.4 is 4.74 Å². The van der Waals surface area contributed by atoms with Crippen molar-refractivity contribution in [2.24, 2.45) is 0 Å². The summed E-state index contributed by atoms with van der Waals surface area (Å²) >= 11 is 0. The zero-order chi connectivity index (χ0) is 17.2. The summed E-state index contributed by atoms with van der Waals surface area (Å²) in [7, 11) is 1.62. The number of ether oxygens (including phenoxy) is 3. The molecule has 1 saturated heterocycles. The van der Waals surface area contributed by atoms with E-state index in [9.17, 15) is 5.11 Å². The summed E-state index contributed by atoms with van der Waals surface area (Å²) in [6, 6.07) is 5.60. The van der Waals surface area contributed by atoms with Gasteiger partial charge in [0.2, 0.25) is 0 Å². The third-order valence-electron chi connectivity index (χ3n) is 3.94. The minimum Gasteiger partial charge on any atom is -0.496 e. The Hall–Kier alpha value is -1.80. The SMILES string of the molecule is C=CCc1c(OC)cccc1[C@@H](O)C#CCCOC1CCCCO1. The maximum absolute atomic E-state index is 10.4. The highest BCUT2D eigenvalue weighted by molar-refractivity contribution is 5.44. The molecule has 0 amide bonds. The Bertz CT molecular complexity index is 579. The smallest absolute Gasteiger partial charge is 0.157 e. The fraction of sp³-hybridized carbons (Fsp3) is 0.500. The summed E-state index contributed by atoms with van der Waals surface area (Å²) in [5.41, 5.74) is 1.68. The third-order valence-corrected chi connectivity index (χ3v) is 3.94. The molecule has 0 bridgehead atoms. The van der Waals surface area contributed by atoms with Crippen molar-refractivity contribution in [3.05, 3.63) is 42.0 Å². The van der Waals surface area contributed by atoms with Crippen molar-refractivity contribution in [2.45, 2.75) is 44.5 Å². The van der Waals surface area contributed by atoms with Crippen molar-refractivity contribution < 1.29 is 19.3 Å². The van der Waals surface area contributed by atoms with Crippen LogP contribution in [0, 0.1) is 11.8 Å². The van der Waals surface area contributed by atoms with Gasteiger partial charge in [0.05, 0.1) is 13.7 Å². The van der Waals surface area contributed by atoms with Crippen molar-refractivity contribution in [3.63, 3.8) is 0 Å². The molecule has 2 atom stereocenters. The Morgan fingerprint density at radius 3 is 3.04 bits per heavy atom. The average molecular weight is 330 g/mol. The second-order valence-electron chi connectivity index (χ2n) is 5.66. The van der Waals surface area contributed by atoms with Crippen LogP contribution in [0.3, 0.4) is 0 Å². The summed E-state index contributed by atoms with van der Waals surface area (Å²) in [6.07, 6.45) is 5.25. The number of aliphatic hydroxyl groups excluding tert-OH is 1. The Morgan fingerprint density at radius 2 is 2.33 bits per heavy atom. The van der Waals surface area contributed by atoms with Crippen LogP contribution in [0.25, 0.3) is 0 Å². The monoisotopic (exact) mass is 330 g/mol. The van der Waals surface area contributed by atoms with Gasteiger partial charge < -0.3 is 19.3 Å². The van der Waals surface area contributed by atoms with Crippen LogP contribution in [-0.2, 0) is 15.9 Å². The highest BCUT2D eigenvalue weighted by atomic mass is 16.7. The van der Waals surface area contributed by atoms with Crippen LogP contribution in [0.5, 0.6) is 5.75 Å². The first-order valence-corrected chi connectivity index (χ1v) is 8.42. The number of rotatable bonds is 7. The molecule has 0 spiro atoms. The predicted molar refractivity (Wildman–Crippen MR) is 93.8 cm³/mol. The molecule has 1 unspecified atom stereocenters. The van der Waals surface area contributed by atoms with E-state index in [1.165, 1.54) is 0 Å². The van der Waals surface area contributed by atoms with Gasteiger partial charge in [-0.3, -0.25) is 0 Å². The molecule has 1 aliphatic heterocycles. The van der Waals surface area contributed by atoms with Gasteiger partial charge in [-0.1, -0.05) is 30.0 Å². The molecule has 2 rings (SSSR count). The molecule has 24 heavy (non-hydrogen) atoms. The lowest BCUT2D eigenvalue weighted by molar-refractivity contribution is -0.161. The van der Waals surface area contributed by atoms with Gasteiger partial charge in [0.1, 0.15) is 11.9 Å². The van der Waals surface area contributed by atoms with E-state index in [1.807, 2.05) is 18.2 Å². The summed E-state index contributed by atoms with van der Waals surface area (Å²) in [5.74, 6) is 6.61. The topological polar surface area (TPSA) is 47.9 Å². The van der Waals surface area contributed by atoms with Gasteiger partial charge in [-0.15, -0.1) is 6.58 Å². The lowest BCUT2D eigenvalue weighted by atomic mass is 9.99. The van der Waals surface area contributed by atoms with Gasteiger partial charge in [-0.05, 0) is 37.3 Å². The van der Waals surface area contributed by atoms with E-state index in [0.717, 1.165) is 42.7 Å². The lowest BCUT2D eigenvalue weighted by Crippen LogP contribution is -2.22. The molecule has 1 aromatic carbocycles. The molecular weight excluding hydrogens is 304 g/mol. The molecule has 1 heterocycles. The van der Waals surface area contributed by atoms with Crippen molar-refractivity contribution in [1.29, 1.82) is 0 Å². The van der Waals surface area contributed by atoms with E-state index < -0.39 is 6.10 Å². The zero-order valence-electron chi connectivity index (χ0n) is 14.3. The van der Waals surface area contributed by atoms with E-state index >= 15 is 0 Å². The summed E-state index contributed by atoms with van der Waals surface area (Å²) in [4.78, 5) is 0. The van der Waals surface area contributed by atoms with Crippen LogP contribution in [-0.4, -0.2) is 31.7 Å². The molecular formula is C20H26O4. The van der Waals surface area contributed by atoms with Crippen molar-refractivity contribution >= 4 is 0 Å². The molecule has 0 aliphatic carbocycles. The maximum atomic E-state index is 10.4. The molecule has 0 aromatic heterocycles. The fourth-order valence-electron chi connectivity index (χ4n) is 2.72. The first-order valence-electron chi connectivity index (χ1n) is 8.42. The molecule has 0 radical (unpaired) electrons. The molecule has 4 nitrogen and oxygen atoms in total. The Kier molecular flexibility index (Phi) is 7.84. The van der Waals surface area contributed by atoms with Crippen LogP contribution in [0.15, 0.2) is 30.9 Å². The van der Waals surface area contributed by atoms with Crippen LogP contribution in [0.2, 0.25) is 0 Å². The van der Waals surface area contributed by atoms with Gasteiger partial charge in [0, 0.05) is 18.6 Å².